The molecule has 1 aromatic carbocycles. The lowest BCUT2D eigenvalue weighted by molar-refractivity contribution is -0.136. The number of benzene rings is 1. The van der Waals surface area contributed by atoms with Gasteiger partial charge in [-0.05, 0) is 30.7 Å². The van der Waals surface area contributed by atoms with Crippen LogP contribution in [-0.2, 0) is 10.5 Å². The van der Waals surface area contributed by atoms with Gasteiger partial charge in [-0.2, -0.15) is 0 Å². The highest BCUT2D eigenvalue weighted by atomic mass is 32.2. The highest BCUT2D eigenvalue weighted by Gasteiger charge is 2.10. The second kappa shape index (κ2) is 5.19. The number of hydrogen-bond donors (Lipinski definition) is 1. The maximum absolute atomic E-state index is 10.7. The summed E-state index contributed by atoms with van der Waals surface area (Å²) in [6.45, 7) is 1.70. The van der Waals surface area contributed by atoms with Gasteiger partial charge in [-0.1, -0.05) is 12.1 Å². The molecule has 0 aliphatic heterocycles. The number of fused-ring (bicyclic) bond motifs is 1. The van der Waals surface area contributed by atoms with Crippen LogP contribution in [0.1, 0.15) is 12.5 Å². The number of aromatic nitrogens is 1. The third-order valence-electron chi connectivity index (χ3n) is 2.52. The summed E-state index contributed by atoms with van der Waals surface area (Å²) in [6.07, 6.45) is 1.77. The topological polar surface area (TPSA) is 50.2 Å². The molecule has 4 heteroatoms. The Kier molecular flexibility index (Phi) is 3.64. The molecule has 2 rings (SSSR count). The number of carbonyl (C=O) groups is 1. The summed E-state index contributed by atoms with van der Waals surface area (Å²) in [5.74, 6) is -0.0596. The van der Waals surface area contributed by atoms with E-state index < -0.39 is 5.97 Å². The molecule has 1 N–H and O–H groups in total. The number of carboxylic acids is 1. The minimum absolute atomic E-state index is 0.375. The number of hydrogen-bond acceptors (Lipinski definition) is 3. The summed E-state index contributed by atoms with van der Waals surface area (Å²) in [5.41, 5.74) is 2.09. The maximum atomic E-state index is 10.7. The summed E-state index contributed by atoms with van der Waals surface area (Å²) >= 11 is 1.43. The fourth-order valence-corrected chi connectivity index (χ4v) is 2.27. The van der Waals surface area contributed by atoms with Crippen molar-refractivity contribution >= 4 is 28.6 Å². The van der Waals surface area contributed by atoms with E-state index in [1.54, 1.807) is 13.1 Å². The highest BCUT2D eigenvalue weighted by Crippen LogP contribution is 2.20. The van der Waals surface area contributed by atoms with E-state index in [1.807, 2.05) is 24.3 Å². The van der Waals surface area contributed by atoms with Gasteiger partial charge in [0.15, 0.2) is 0 Å². The number of carboxylic acid groups (broad SMARTS) is 1. The van der Waals surface area contributed by atoms with E-state index in [9.17, 15) is 4.79 Å². The fraction of sp³-hybridized carbons (Fsp3) is 0.231. The second-order valence-corrected chi connectivity index (χ2v) is 5.15. The average molecular weight is 247 g/mol. The van der Waals surface area contributed by atoms with Crippen molar-refractivity contribution in [2.24, 2.45) is 0 Å². The number of pyridine rings is 1. The van der Waals surface area contributed by atoms with E-state index in [0.717, 1.165) is 16.5 Å². The lowest BCUT2D eigenvalue weighted by atomic mass is 10.1. The molecule has 0 bridgehead atoms. The van der Waals surface area contributed by atoms with Crippen molar-refractivity contribution in [1.82, 2.24) is 4.98 Å². The fourth-order valence-electron chi connectivity index (χ4n) is 1.51. The normalized spacial score (nSPS) is 12.5. The third kappa shape index (κ3) is 2.97. The monoisotopic (exact) mass is 247 g/mol. The molecule has 0 aliphatic carbocycles. The summed E-state index contributed by atoms with van der Waals surface area (Å²) in [6, 6.07) is 9.94. The SMILES string of the molecule is CC(SCc1ccc2ncccc2c1)C(=O)O. The van der Waals surface area contributed by atoms with Gasteiger partial charge in [0.05, 0.1) is 10.8 Å². The van der Waals surface area contributed by atoms with Crippen LogP contribution in [0, 0.1) is 0 Å². The molecule has 1 aromatic heterocycles. The Balaban J connectivity index is 2.12. The van der Waals surface area contributed by atoms with E-state index in [0.29, 0.717) is 5.75 Å². The van der Waals surface area contributed by atoms with Crippen LogP contribution in [0.3, 0.4) is 0 Å². The van der Waals surface area contributed by atoms with Crippen molar-refractivity contribution in [1.29, 1.82) is 0 Å². The first-order valence-corrected chi connectivity index (χ1v) is 6.40. The Hall–Kier alpha value is -1.55. The Morgan fingerprint density at radius 1 is 1.47 bits per heavy atom. The molecule has 1 heterocycles. The molecule has 88 valence electrons. The van der Waals surface area contributed by atoms with Crippen LogP contribution in [0.25, 0.3) is 10.9 Å². The van der Waals surface area contributed by atoms with E-state index >= 15 is 0 Å². The zero-order chi connectivity index (χ0) is 12.3. The molecule has 0 radical (unpaired) electrons. The van der Waals surface area contributed by atoms with Crippen molar-refractivity contribution in [3.63, 3.8) is 0 Å². The van der Waals surface area contributed by atoms with Gasteiger partial charge in [0.2, 0.25) is 0 Å². The minimum atomic E-state index is -0.766. The van der Waals surface area contributed by atoms with Crippen molar-refractivity contribution in [3.05, 3.63) is 42.1 Å². The zero-order valence-corrected chi connectivity index (χ0v) is 10.3. The third-order valence-corrected chi connectivity index (χ3v) is 3.72. The van der Waals surface area contributed by atoms with Crippen molar-refractivity contribution in [2.45, 2.75) is 17.9 Å². The molecule has 2 aromatic rings. The van der Waals surface area contributed by atoms with E-state index in [-0.39, 0.29) is 5.25 Å². The van der Waals surface area contributed by atoms with Crippen molar-refractivity contribution in [2.75, 3.05) is 0 Å². The smallest absolute Gasteiger partial charge is 0.316 e. The second-order valence-electron chi connectivity index (χ2n) is 3.82. The van der Waals surface area contributed by atoms with E-state index in [2.05, 4.69) is 11.1 Å². The Morgan fingerprint density at radius 3 is 3.06 bits per heavy atom. The number of rotatable bonds is 4. The molecule has 1 atom stereocenters. The minimum Gasteiger partial charge on any atom is -0.480 e. The zero-order valence-electron chi connectivity index (χ0n) is 9.46. The lowest BCUT2D eigenvalue weighted by Crippen LogP contribution is -2.11. The van der Waals surface area contributed by atoms with Crippen LogP contribution in [-0.4, -0.2) is 21.3 Å². The first-order valence-electron chi connectivity index (χ1n) is 5.35. The molecule has 0 aliphatic rings. The molecule has 17 heavy (non-hydrogen) atoms. The summed E-state index contributed by atoms with van der Waals surface area (Å²) in [7, 11) is 0. The lowest BCUT2D eigenvalue weighted by Gasteiger charge is -2.06. The Morgan fingerprint density at radius 2 is 2.29 bits per heavy atom. The van der Waals surface area contributed by atoms with Crippen LogP contribution in [0.4, 0.5) is 0 Å². The Labute approximate surface area is 104 Å². The Bertz CT molecular complexity index is 542. The van der Waals surface area contributed by atoms with Crippen LogP contribution in [0.15, 0.2) is 36.5 Å². The first-order chi connectivity index (χ1) is 8.16. The number of thioether (sulfide) groups is 1. The predicted molar refractivity (Wildman–Crippen MR) is 70.1 cm³/mol. The van der Waals surface area contributed by atoms with Crippen LogP contribution in [0.5, 0.6) is 0 Å². The molecule has 0 spiro atoms. The van der Waals surface area contributed by atoms with Gasteiger partial charge in [-0.3, -0.25) is 9.78 Å². The van der Waals surface area contributed by atoms with E-state index in [1.165, 1.54) is 11.8 Å². The molecule has 3 nitrogen and oxygen atoms in total. The van der Waals surface area contributed by atoms with Gasteiger partial charge in [0, 0.05) is 17.3 Å². The standard InChI is InChI=1S/C13H13NO2S/c1-9(13(15)16)17-8-10-4-5-12-11(7-10)3-2-6-14-12/h2-7,9H,8H2,1H3,(H,15,16). The maximum Gasteiger partial charge on any atom is 0.316 e. The molecule has 0 saturated carbocycles. The summed E-state index contributed by atoms with van der Waals surface area (Å²) in [4.78, 5) is 14.9. The molecule has 0 saturated heterocycles. The largest absolute Gasteiger partial charge is 0.480 e. The molecular formula is C13H13NO2S. The van der Waals surface area contributed by atoms with Gasteiger partial charge in [0.1, 0.15) is 0 Å². The molecule has 0 amide bonds. The van der Waals surface area contributed by atoms with Gasteiger partial charge in [0.25, 0.3) is 0 Å². The van der Waals surface area contributed by atoms with Crippen molar-refractivity contribution in [3.8, 4) is 0 Å². The van der Waals surface area contributed by atoms with Crippen molar-refractivity contribution < 1.29 is 9.90 Å². The van der Waals surface area contributed by atoms with Gasteiger partial charge < -0.3 is 5.11 Å². The van der Waals surface area contributed by atoms with Crippen LogP contribution in [0.2, 0.25) is 0 Å². The van der Waals surface area contributed by atoms with Gasteiger partial charge >= 0.3 is 5.97 Å². The summed E-state index contributed by atoms with van der Waals surface area (Å²) < 4.78 is 0. The van der Waals surface area contributed by atoms with E-state index in [4.69, 9.17) is 5.11 Å². The molecule has 0 fully saturated rings. The predicted octanol–water partition coefficient (Wildman–Crippen LogP) is 2.94. The summed E-state index contributed by atoms with van der Waals surface area (Å²) in [5, 5.41) is 9.52. The quantitative estimate of drug-likeness (QED) is 0.902. The first kappa shape index (κ1) is 11.9. The number of nitrogens with zero attached hydrogens (tertiary/aromatic N) is 1. The number of aliphatic carboxylic acids is 1. The van der Waals surface area contributed by atoms with Gasteiger partial charge in [-0.25, -0.2) is 0 Å². The average Bonchev–Trinajstić information content (AvgIpc) is 2.35. The van der Waals surface area contributed by atoms with Crippen LogP contribution >= 0.6 is 11.8 Å². The highest BCUT2D eigenvalue weighted by molar-refractivity contribution is 7.99. The van der Waals surface area contributed by atoms with Gasteiger partial charge in [-0.15, -0.1) is 11.8 Å². The molecule has 1 unspecified atom stereocenters. The molecular weight excluding hydrogens is 234 g/mol. The van der Waals surface area contributed by atoms with Crippen LogP contribution < -0.4 is 0 Å².